The van der Waals surface area contributed by atoms with Gasteiger partial charge in [0.1, 0.15) is 5.00 Å². The van der Waals surface area contributed by atoms with Gasteiger partial charge in [-0.1, -0.05) is 0 Å². The summed E-state index contributed by atoms with van der Waals surface area (Å²) in [7, 11) is 1.34. The Hall–Kier alpha value is -0.860. The number of aromatic nitrogens is 1. The Balaban J connectivity index is 2.49. The maximum absolute atomic E-state index is 12.2. The predicted octanol–water partition coefficient (Wildman–Crippen LogP) is 0.574. The third-order valence-corrected chi connectivity index (χ3v) is 5.77. The second-order valence-corrected chi connectivity index (χ2v) is 7.17. The zero-order valence-corrected chi connectivity index (χ0v) is 11.7. The number of nitrogen functional groups attached to an aromatic ring is 1. The molecule has 0 bridgehead atoms. The maximum Gasteiger partial charge on any atom is 0.249 e. The SMILES string of the molecule is CN(c1snc(N)c1S(=O)(=O)N(C)C)C1CC1. The van der Waals surface area contributed by atoms with Crippen molar-refractivity contribution in [3.63, 3.8) is 0 Å². The van der Waals surface area contributed by atoms with E-state index < -0.39 is 10.0 Å². The van der Waals surface area contributed by atoms with E-state index in [1.54, 1.807) is 0 Å². The van der Waals surface area contributed by atoms with E-state index in [0.29, 0.717) is 11.0 Å². The number of nitrogens with two attached hydrogens (primary N) is 1. The number of hydrogen-bond acceptors (Lipinski definition) is 6. The van der Waals surface area contributed by atoms with Crippen molar-refractivity contribution < 1.29 is 8.42 Å². The molecular formula is C9H16N4O2S2. The lowest BCUT2D eigenvalue weighted by Crippen LogP contribution is -2.26. The van der Waals surface area contributed by atoms with Crippen molar-refractivity contribution in [2.75, 3.05) is 31.8 Å². The molecule has 2 rings (SSSR count). The third-order valence-electron chi connectivity index (χ3n) is 2.81. The Morgan fingerprint density at radius 1 is 1.35 bits per heavy atom. The normalized spacial score (nSPS) is 16.5. The van der Waals surface area contributed by atoms with Crippen molar-refractivity contribution in [3.05, 3.63) is 0 Å². The Morgan fingerprint density at radius 3 is 2.41 bits per heavy atom. The van der Waals surface area contributed by atoms with Gasteiger partial charge in [0.15, 0.2) is 10.7 Å². The van der Waals surface area contributed by atoms with Crippen LogP contribution in [-0.4, -0.2) is 44.3 Å². The lowest BCUT2D eigenvalue weighted by atomic mass is 10.5. The maximum atomic E-state index is 12.2. The molecule has 0 saturated heterocycles. The summed E-state index contributed by atoms with van der Waals surface area (Å²) in [6, 6.07) is 0.422. The first-order chi connectivity index (χ1) is 7.85. The molecule has 0 aromatic carbocycles. The number of rotatable bonds is 4. The van der Waals surface area contributed by atoms with Gasteiger partial charge in [-0.15, -0.1) is 0 Å². The molecule has 1 fully saturated rings. The number of hydrogen-bond donors (Lipinski definition) is 1. The number of anilines is 2. The summed E-state index contributed by atoms with van der Waals surface area (Å²) >= 11 is 1.14. The van der Waals surface area contributed by atoms with Gasteiger partial charge in [0.25, 0.3) is 0 Å². The summed E-state index contributed by atoms with van der Waals surface area (Å²) in [5.41, 5.74) is 5.69. The Labute approximate surface area is 105 Å². The highest BCUT2D eigenvalue weighted by molar-refractivity contribution is 7.89. The first-order valence-corrected chi connectivity index (χ1v) is 7.47. The molecule has 0 radical (unpaired) electrons. The van der Waals surface area contributed by atoms with Crippen molar-refractivity contribution in [2.45, 2.75) is 23.8 Å². The molecule has 0 unspecified atom stereocenters. The fourth-order valence-corrected chi connectivity index (χ4v) is 3.83. The van der Waals surface area contributed by atoms with Gasteiger partial charge in [0.2, 0.25) is 10.0 Å². The van der Waals surface area contributed by atoms with Crippen LogP contribution in [0.25, 0.3) is 0 Å². The van der Waals surface area contributed by atoms with Gasteiger partial charge in [-0.3, -0.25) is 0 Å². The fraction of sp³-hybridized carbons (Fsp3) is 0.667. The standard InChI is InChI=1S/C9H16N4O2S2/c1-12(2)17(14,15)7-8(10)11-16-9(7)13(3)6-4-5-6/h6H,4-5H2,1-3H3,(H2,10,11). The van der Waals surface area contributed by atoms with E-state index in [1.807, 2.05) is 11.9 Å². The van der Waals surface area contributed by atoms with Crippen molar-refractivity contribution in [1.82, 2.24) is 8.68 Å². The zero-order valence-electron chi connectivity index (χ0n) is 10.0. The molecule has 1 aromatic rings. The van der Waals surface area contributed by atoms with E-state index in [1.165, 1.54) is 14.1 Å². The van der Waals surface area contributed by atoms with Crippen molar-refractivity contribution >= 4 is 32.4 Å². The molecule has 8 heteroatoms. The zero-order chi connectivity index (χ0) is 12.8. The van der Waals surface area contributed by atoms with Crippen LogP contribution in [0.3, 0.4) is 0 Å². The van der Waals surface area contributed by atoms with Crippen LogP contribution in [0.2, 0.25) is 0 Å². The molecular weight excluding hydrogens is 260 g/mol. The molecule has 0 spiro atoms. The van der Waals surface area contributed by atoms with Crippen LogP contribution < -0.4 is 10.6 Å². The summed E-state index contributed by atoms with van der Waals surface area (Å²) in [5.74, 6) is 0.0891. The fourth-order valence-electron chi connectivity index (χ4n) is 1.56. The molecule has 1 heterocycles. The predicted molar refractivity (Wildman–Crippen MR) is 68.8 cm³/mol. The highest BCUT2D eigenvalue weighted by Gasteiger charge is 2.34. The second kappa shape index (κ2) is 4.11. The van der Waals surface area contributed by atoms with Crippen molar-refractivity contribution in [1.29, 1.82) is 0 Å². The quantitative estimate of drug-likeness (QED) is 0.870. The van der Waals surface area contributed by atoms with Crippen LogP contribution in [0.4, 0.5) is 10.8 Å². The van der Waals surface area contributed by atoms with E-state index in [9.17, 15) is 8.42 Å². The summed E-state index contributed by atoms with van der Waals surface area (Å²) in [5, 5.41) is 0.638. The van der Waals surface area contributed by atoms with E-state index in [0.717, 1.165) is 28.7 Å². The molecule has 1 aromatic heterocycles. The minimum atomic E-state index is -3.53. The Morgan fingerprint density at radius 2 is 1.94 bits per heavy atom. The smallest absolute Gasteiger partial charge is 0.249 e. The van der Waals surface area contributed by atoms with E-state index in [2.05, 4.69) is 4.37 Å². The average Bonchev–Trinajstić information content (AvgIpc) is 3.00. The molecule has 6 nitrogen and oxygen atoms in total. The average molecular weight is 276 g/mol. The molecule has 1 saturated carbocycles. The summed E-state index contributed by atoms with van der Waals surface area (Å²) in [4.78, 5) is 2.10. The van der Waals surface area contributed by atoms with Crippen LogP contribution in [0.15, 0.2) is 4.90 Å². The lowest BCUT2D eigenvalue weighted by Gasteiger charge is -2.19. The minimum Gasteiger partial charge on any atom is -0.382 e. The lowest BCUT2D eigenvalue weighted by molar-refractivity contribution is 0.521. The summed E-state index contributed by atoms with van der Waals surface area (Å²) in [6.07, 6.45) is 2.19. The second-order valence-electron chi connectivity index (χ2n) is 4.33. The molecule has 0 aliphatic heterocycles. The van der Waals surface area contributed by atoms with Crippen LogP contribution in [0, 0.1) is 0 Å². The van der Waals surface area contributed by atoms with Gasteiger partial charge in [0.05, 0.1) is 0 Å². The molecule has 17 heavy (non-hydrogen) atoms. The topological polar surface area (TPSA) is 79.5 Å². The Kier molecular flexibility index (Phi) is 3.04. The highest BCUT2D eigenvalue weighted by atomic mass is 32.2. The summed E-state index contributed by atoms with van der Waals surface area (Å²) < 4.78 is 29.5. The third kappa shape index (κ3) is 2.12. The minimum absolute atomic E-state index is 0.0891. The van der Waals surface area contributed by atoms with Crippen LogP contribution >= 0.6 is 11.5 Å². The van der Waals surface area contributed by atoms with E-state index in [4.69, 9.17) is 5.73 Å². The van der Waals surface area contributed by atoms with Gasteiger partial charge in [-0.2, -0.15) is 4.37 Å². The van der Waals surface area contributed by atoms with Gasteiger partial charge in [-0.05, 0) is 24.4 Å². The van der Waals surface area contributed by atoms with E-state index >= 15 is 0 Å². The van der Waals surface area contributed by atoms with Gasteiger partial charge in [0, 0.05) is 27.2 Å². The summed E-state index contributed by atoms with van der Waals surface area (Å²) in [6.45, 7) is 0. The molecule has 0 amide bonds. The van der Waals surface area contributed by atoms with Gasteiger partial charge < -0.3 is 10.6 Å². The monoisotopic (exact) mass is 276 g/mol. The van der Waals surface area contributed by atoms with Crippen LogP contribution in [0.1, 0.15) is 12.8 Å². The largest absolute Gasteiger partial charge is 0.382 e. The van der Waals surface area contributed by atoms with Crippen LogP contribution in [-0.2, 0) is 10.0 Å². The molecule has 2 N–H and O–H groups in total. The molecule has 1 aliphatic rings. The van der Waals surface area contributed by atoms with Crippen LogP contribution in [0.5, 0.6) is 0 Å². The number of sulfonamides is 1. The number of nitrogens with zero attached hydrogens (tertiary/aromatic N) is 3. The molecule has 96 valence electrons. The van der Waals surface area contributed by atoms with Gasteiger partial charge in [-0.25, -0.2) is 12.7 Å². The van der Waals surface area contributed by atoms with Gasteiger partial charge >= 0.3 is 0 Å². The van der Waals surface area contributed by atoms with Crippen molar-refractivity contribution in [3.8, 4) is 0 Å². The van der Waals surface area contributed by atoms with Crippen molar-refractivity contribution in [2.24, 2.45) is 0 Å². The first-order valence-electron chi connectivity index (χ1n) is 5.26. The Bertz CT molecular complexity index is 519. The van der Waals surface area contributed by atoms with E-state index in [-0.39, 0.29) is 10.7 Å². The highest BCUT2D eigenvalue weighted by Crippen LogP contribution is 2.40. The molecule has 1 aliphatic carbocycles. The molecule has 0 atom stereocenters. The first kappa shape index (κ1) is 12.6.